The van der Waals surface area contributed by atoms with Crippen LogP contribution in [0, 0.1) is 0 Å². The molecule has 1 unspecified atom stereocenters. The molecule has 0 spiro atoms. The maximum Gasteiger partial charge on any atom is 0.303 e. The Labute approximate surface area is 129 Å². The van der Waals surface area contributed by atoms with Crippen LogP contribution >= 0.6 is 11.3 Å². The van der Waals surface area contributed by atoms with Crippen molar-refractivity contribution in [3.8, 4) is 0 Å². The van der Waals surface area contributed by atoms with E-state index in [9.17, 15) is 9.59 Å². The molecule has 116 valence electrons. The second kappa shape index (κ2) is 7.54. The van der Waals surface area contributed by atoms with Gasteiger partial charge in [-0.15, -0.1) is 11.3 Å². The van der Waals surface area contributed by atoms with E-state index in [1.165, 1.54) is 11.3 Å². The second-order valence-corrected chi connectivity index (χ2v) is 6.37. The lowest BCUT2D eigenvalue weighted by Gasteiger charge is -2.35. The van der Waals surface area contributed by atoms with Crippen LogP contribution in [0.25, 0.3) is 0 Å². The summed E-state index contributed by atoms with van der Waals surface area (Å²) in [7, 11) is 0. The Balaban J connectivity index is 1.95. The van der Waals surface area contributed by atoms with E-state index in [1.807, 2.05) is 17.2 Å². The molecular weight excluding hydrogens is 288 g/mol. The van der Waals surface area contributed by atoms with Crippen molar-refractivity contribution in [2.45, 2.75) is 57.9 Å². The van der Waals surface area contributed by atoms with Crippen LogP contribution in [0.3, 0.4) is 0 Å². The molecular formula is C15H22N2O3S. The second-order valence-electron chi connectivity index (χ2n) is 5.43. The van der Waals surface area contributed by atoms with E-state index in [2.05, 4.69) is 4.98 Å². The number of aryl methyl sites for hydroxylation is 1. The van der Waals surface area contributed by atoms with Crippen molar-refractivity contribution >= 4 is 23.2 Å². The Kier molecular flexibility index (Phi) is 5.73. The van der Waals surface area contributed by atoms with E-state index < -0.39 is 5.97 Å². The molecule has 1 amide bonds. The number of carboxylic acids is 1. The SMILES string of the molecule is CCc1csc(CC(=O)N2CCCCC2CCC(=O)O)n1. The third-order valence-corrected chi connectivity index (χ3v) is 4.80. The van der Waals surface area contributed by atoms with Gasteiger partial charge < -0.3 is 10.0 Å². The first-order chi connectivity index (χ1) is 10.1. The fourth-order valence-electron chi connectivity index (χ4n) is 2.74. The maximum atomic E-state index is 12.5. The first-order valence-electron chi connectivity index (χ1n) is 7.54. The number of likely N-dealkylation sites (tertiary alicyclic amines) is 1. The van der Waals surface area contributed by atoms with E-state index >= 15 is 0 Å². The summed E-state index contributed by atoms with van der Waals surface area (Å²) in [5.74, 6) is -0.706. The Morgan fingerprint density at radius 3 is 2.95 bits per heavy atom. The molecule has 1 N–H and O–H groups in total. The molecule has 1 fully saturated rings. The predicted octanol–water partition coefficient (Wildman–Crippen LogP) is 2.49. The largest absolute Gasteiger partial charge is 0.481 e. The van der Waals surface area contributed by atoms with Gasteiger partial charge >= 0.3 is 5.97 Å². The summed E-state index contributed by atoms with van der Waals surface area (Å²) in [6, 6.07) is 0.0768. The Morgan fingerprint density at radius 1 is 1.48 bits per heavy atom. The molecule has 1 aliphatic heterocycles. The van der Waals surface area contributed by atoms with Gasteiger partial charge in [-0.3, -0.25) is 9.59 Å². The minimum absolute atomic E-state index is 0.0768. The number of carboxylic acid groups (broad SMARTS) is 1. The summed E-state index contributed by atoms with van der Waals surface area (Å²) in [5.41, 5.74) is 1.03. The van der Waals surface area contributed by atoms with Crippen LogP contribution in [0.15, 0.2) is 5.38 Å². The summed E-state index contributed by atoms with van der Waals surface area (Å²) < 4.78 is 0. The molecule has 0 bridgehead atoms. The molecule has 0 saturated carbocycles. The topological polar surface area (TPSA) is 70.5 Å². The molecule has 5 nitrogen and oxygen atoms in total. The summed E-state index contributed by atoms with van der Waals surface area (Å²) in [5, 5.41) is 11.7. The van der Waals surface area contributed by atoms with E-state index in [1.54, 1.807) is 0 Å². The van der Waals surface area contributed by atoms with Crippen LogP contribution < -0.4 is 0 Å². The lowest BCUT2D eigenvalue weighted by Crippen LogP contribution is -2.44. The van der Waals surface area contributed by atoms with Gasteiger partial charge in [0.1, 0.15) is 5.01 Å². The number of carbonyl (C=O) groups is 2. The van der Waals surface area contributed by atoms with Gasteiger partial charge in [0.05, 0.1) is 12.1 Å². The smallest absolute Gasteiger partial charge is 0.303 e. The van der Waals surface area contributed by atoms with Gasteiger partial charge in [-0.2, -0.15) is 0 Å². The van der Waals surface area contributed by atoms with Crippen molar-refractivity contribution in [1.29, 1.82) is 0 Å². The molecule has 21 heavy (non-hydrogen) atoms. The summed E-state index contributed by atoms with van der Waals surface area (Å²) in [6.45, 7) is 2.79. The highest BCUT2D eigenvalue weighted by molar-refractivity contribution is 7.09. The number of hydrogen-bond acceptors (Lipinski definition) is 4. The Morgan fingerprint density at radius 2 is 2.29 bits per heavy atom. The molecule has 1 aliphatic rings. The van der Waals surface area contributed by atoms with Crippen LogP contribution in [0.1, 0.15) is 49.7 Å². The fraction of sp³-hybridized carbons (Fsp3) is 0.667. The average Bonchev–Trinajstić information content (AvgIpc) is 2.93. The molecule has 1 saturated heterocycles. The van der Waals surface area contributed by atoms with Crippen molar-refractivity contribution < 1.29 is 14.7 Å². The molecule has 2 rings (SSSR count). The minimum Gasteiger partial charge on any atom is -0.481 e. The number of hydrogen-bond donors (Lipinski definition) is 1. The van der Waals surface area contributed by atoms with Crippen LogP contribution in [0.5, 0.6) is 0 Å². The van der Waals surface area contributed by atoms with Crippen molar-refractivity contribution in [2.24, 2.45) is 0 Å². The van der Waals surface area contributed by atoms with Crippen LogP contribution in [-0.4, -0.2) is 39.5 Å². The lowest BCUT2D eigenvalue weighted by molar-refractivity contribution is -0.139. The molecule has 2 heterocycles. The molecule has 6 heteroatoms. The maximum absolute atomic E-state index is 12.5. The highest BCUT2D eigenvalue weighted by Gasteiger charge is 2.27. The van der Waals surface area contributed by atoms with Crippen LogP contribution in [-0.2, 0) is 22.4 Å². The molecule has 0 aliphatic carbocycles. The summed E-state index contributed by atoms with van der Waals surface area (Å²) in [4.78, 5) is 29.5. The zero-order valence-electron chi connectivity index (χ0n) is 12.4. The van der Waals surface area contributed by atoms with Crippen LogP contribution in [0.4, 0.5) is 0 Å². The lowest BCUT2D eigenvalue weighted by atomic mass is 9.97. The average molecular weight is 310 g/mol. The summed E-state index contributed by atoms with van der Waals surface area (Å²) in [6.07, 6.45) is 4.91. The quantitative estimate of drug-likeness (QED) is 0.876. The number of aliphatic carboxylic acids is 1. The highest BCUT2D eigenvalue weighted by Crippen LogP contribution is 2.22. The van der Waals surface area contributed by atoms with Gasteiger partial charge in [0.15, 0.2) is 0 Å². The van der Waals surface area contributed by atoms with Crippen molar-refractivity contribution in [2.75, 3.05) is 6.54 Å². The van der Waals surface area contributed by atoms with Crippen molar-refractivity contribution in [3.63, 3.8) is 0 Å². The molecule has 0 radical (unpaired) electrons. The van der Waals surface area contributed by atoms with Gasteiger partial charge in [0, 0.05) is 24.4 Å². The Hall–Kier alpha value is -1.43. The number of thiazole rings is 1. The standard InChI is InChI=1S/C15H22N2O3S/c1-2-11-10-21-13(16-11)9-14(18)17-8-4-3-5-12(17)6-7-15(19)20/h10,12H,2-9H2,1H3,(H,19,20). The van der Waals surface area contributed by atoms with E-state index in [0.717, 1.165) is 42.9 Å². The van der Waals surface area contributed by atoms with Gasteiger partial charge in [0.2, 0.25) is 5.91 Å². The number of rotatable bonds is 6. The number of nitrogens with zero attached hydrogens (tertiary/aromatic N) is 2. The molecule has 1 atom stereocenters. The van der Waals surface area contributed by atoms with Gasteiger partial charge in [-0.25, -0.2) is 4.98 Å². The van der Waals surface area contributed by atoms with Gasteiger partial charge in [0.25, 0.3) is 0 Å². The normalized spacial score (nSPS) is 18.7. The fourth-order valence-corrected chi connectivity index (χ4v) is 3.61. The first kappa shape index (κ1) is 15.9. The summed E-state index contributed by atoms with van der Waals surface area (Å²) >= 11 is 1.53. The zero-order chi connectivity index (χ0) is 15.2. The van der Waals surface area contributed by atoms with E-state index in [0.29, 0.717) is 12.8 Å². The number of amides is 1. The van der Waals surface area contributed by atoms with Crippen LogP contribution in [0.2, 0.25) is 0 Å². The number of carbonyl (C=O) groups excluding carboxylic acids is 1. The van der Waals surface area contributed by atoms with E-state index in [-0.39, 0.29) is 18.4 Å². The first-order valence-corrected chi connectivity index (χ1v) is 8.42. The van der Waals surface area contributed by atoms with E-state index in [4.69, 9.17) is 5.11 Å². The third kappa shape index (κ3) is 4.52. The number of piperidine rings is 1. The predicted molar refractivity (Wildman–Crippen MR) is 81.4 cm³/mol. The number of aromatic nitrogens is 1. The minimum atomic E-state index is -0.791. The molecule has 1 aromatic rings. The zero-order valence-corrected chi connectivity index (χ0v) is 13.2. The highest BCUT2D eigenvalue weighted by atomic mass is 32.1. The molecule has 0 aromatic carbocycles. The van der Waals surface area contributed by atoms with Crippen molar-refractivity contribution in [1.82, 2.24) is 9.88 Å². The third-order valence-electron chi connectivity index (χ3n) is 3.90. The van der Waals surface area contributed by atoms with Crippen molar-refractivity contribution in [3.05, 3.63) is 16.1 Å². The Bertz CT molecular complexity index is 501. The van der Waals surface area contributed by atoms with Gasteiger partial charge in [-0.05, 0) is 32.1 Å². The molecule has 1 aromatic heterocycles. The van der Waals surface area contributed by atoms with Gasteiger partial charge in [-0.1, -0.05) is 6.92 Å². The monoisotopic (exact) mass is 310 g/mol.